The van der Waals surface area contributed by atoms with Crippen molar-refractivity contribution in [2.75, 3.05) is 5.32 Å². The van der Waals surface area contributed by atoms with E-state index in [9.17, 15) is 5.11 Å². The van der Waals surface area contributed by atoms with Gasteiger partial charge in [-0.05, 0) is 18.2 Å². The summed E-state index contributed by atoms with van der Waals surface area (Å²) in [4.78, 5) is 0. The lowest BCUT2D eigenvalue weighted by molar-refractivity contribution is 0.475. The van der Waals surface area contributed by atoms with Crippen molar-refractivity contribution < 1.29 is 5.11 Å². The van der Waals surface area contributed by atoms with Crippen LogP contribution >= 0.6 is 11.6 Å². The first-order valence-electron chi connectivity index (χ1n) is 5.07. The molecular weight excluding hydrogens is 238 g/mol. The first-order valence-corrected chi connectivity index (χ1v) is 5.45. The van der Waals surface area contributed by atoms with Gasteiger partial charge in [0.25, 0.3) is 0 Å². The average molecular weight is 250 g/mol. The molecule has 17 heavy (non-hydrogen) atoms. The van der Waals surface area contributed by atoms with Crippen LogP contribution < -0.4 is 5.32 Å². The van der Waals surface area contributed by atoms with Gasteiger partial charge in [-0.2, -0.15) is 5.10 Å². The van der Waals surface area contributed by atoms with E-state index in [0.717, 1.165) is 11.3 Å². The molecule has 0 spiro atoms. The zero-order valence-corrected chi connectivity index (χ0v) is 9.85. The van der Waals surface area contributed by atoms with E-state index in [2.05, 4.69) is 17.0 Å². The number of nitrogens with zero attached hydrogens (tertiary/aromatic N) is 2. The molecule has 5 heteroatoms. The van der Waals surface area contributed by atoms with E-state index < -0.39 is 0 Å². The fraction of sp³-hybridized carbons (Fsp3) is 0.0833. The van der Waals surface area contributed by atoms with E-state index >= 15 is 0 Å². The lowest BCUT2D eigenvalue weighted by atomic mass is 10.3. The van der Waals surface area contributed by atoms with Crippen molar-refractivity contribution in [3.05, 3.63) is 47.8 Å². The number of phenols is 1. The highest BCUT2D eigenvalue weighted by atomic mass is 35.5. The van der Waals surface area contributed by atoms with Crippen molar-refractivity contribution in [1.82, 2.24) is 9.78 Å². The summed E-state index contributed by atoms with van der Waals surface area (Å²) in [6.45, 7) is 4.25. The molecule has 0 bridgehead atoms. The minimum atomic E-state index is 0.0803. The van der Waals surface area contributed by atoms with Gasteiger partial charge in [-0.1, -0.05) is 18.2 Å². The average Bonchev–Trinajstić information content (AvgIpc) is 2.79. The molecule has 0 aliphatic rings. The monoisotopic (exact) mass is 249 g/mol. The normalized spacial score (nSPS) is 10.2. The molecule has 0 aliphatic carbocycles. The molecule has 0 saturated carbocycles. The minimum absolute atomic E-state index is 0.0803. The first-order chi connectivity index (χ1) is 8.19. The maximum Gasteiger partial charge on any atom is 0.134 e. The van der Waals surface area contributed by atoms with Crippen molar-refractivity contribution in [3.63, 3.8) is 0 Å². The summed E-state index contributed by atoms with van der Waals surface area (Å²) in [6, 6.07) is 4.99. The smallest absolute Gasteiger partial charge is 0.134 e. The molecule has 88 valence electrons. The summed E-state index contributed by atoms with van der Waals surface area (Å²) in [5.41, 5.74) is 1.88. The van der Waals surface area contributed by atoms with E-state index in [1.807, 2.05) is 6.20 Å². The maximum absolute atomic E-state index is 9.28. The minimum Gasteiger partial charge on any atom is -0.506 e. The first kappa shape index (κ1) is 11.5. The Morgan fingerprint density at radius 3 is 3.00 bits per heavy atom. The molecule has 4 nitrogen and oxygen atoms in total. The van der Waals surface area contributed by atoms with E-state index in [1.54, 1.807) is 35.3 Å². The third-order valence-corrected chi connectivity index (χ3v) is 2.59. The predicted octanol–water partition coefficient (Wildman–Crippen LogP) is 2.95. The molecule has 2 rings (SSSR count). The van der Waals surface area contributed by atoms with Crippen LogP contribution in [0, 0.1) is 0 Å². The number of hydrogen-bond donors (Lipinski definition) is 2. The highest BCUT2D eigenvalue weighted by Crippen LogP contribution is 2.26. The standard InChI is InChI=1S/C12H12ClN3O/c1-2-16-8-9(7-15-16)6-14-10-3-4-12(17)11(13)5-10/h2-5,7-8,14,17H,1,6H2. The third-order valence-electron chi connectivity index (χ3n) is 2.29. The van der Waals surface area contributed by atoms with Gasteiger partial charge in [-0.3, -0.25) is 0 Å². The highest BCUT2D eigenvalue weighted by molar-refractivity contribution is 6.32. The molecule has 0 fully saturated rings. The molecule has 0 radical (unpaired) electrons. The van der Waals surface area contributed by atoms with Gasteiger partial charge in [-0.15, -0.1) is 0 Å². The Balaban J connectivity index is 2.01. The van der Waals surface area contributed by atoms with Crippen LogP contribution in [0.1, 0.15) is 5.56 Å². The SMILES string of the molecule is C=Cn1cc(CNc2ccc(O)c(Cl)c2)cn1. The summed E-state index contributed by atoms with van der Waals surface area (Å²) in [7, 11) is 0. The number of phenolic OH excluding ortho intramolecular Hbond substituents is 1. The number of nitrogens with one attached hydrogen (secondary N) is 1. The van der Waals surface area contributed by atoms with Gasteiger partial charge < -0.3 is 10.4 Å². The van der Waals surface area contributed by atoms with Gasteiger partial charge in [0.05, 0.1) is 11.2 Å². The fourth-order valence-corrected chi connectivity index (χ4v) is 1.57. The van der Waals surface area contributed by atoms with E-state index in [-0.39, 0.29) is 5.75 Å². The molecule has 1 heterocycles. The van der Waals surface area contributed by atoms with Crippen LogP contribution in [-0.4, -0.2) is 14.9 Å². The van der Waals surface area contributed by atoms with Crippen LogP contribution in [0.4, 0.5) is 5.69 Å². The number of aromatic nitrogens is 2. The molecule has 2 N–H and O–H groups in total. The zero-order chi connectivity index (χ0) is 12.3. The second-order valence-corrected chi connectivity index (χ2v) is 3.94. The molecule has 0 aliphatic heterocycles. The van der Waals surface area contributed by atoms with Gasteiger partial charge in [0.15, 0.2) is 0 Å². The predicted molar refractivity (Wildman–Crippen MR) is 69.1 cm³/mol. The lowest BCUT2D eigenvalue weighted by Crippen LogP contribution is -1.97. The lowest BCUT2D eigenvalue weighted by Gasteiger charge is -2.05. The number of benzene rings is 1. The van der Waals surface area contributed by atoms with Crippen LogP contribution in [-0.2, 0) is 6.54 Å². The van der Waals surface area contributed by atoms with Crippen molar-refractivity contribution in [2.45, 2.75) is 6.54 Å². The van der Waals surface area contributed by atoms with Gasteiger partial charge >= 0.3 is 0 Å². The number of rotatable bonds is 4. The van der Waals surface area contributed by atoms with Gasteiger partial charge in [0.2, 0.25) is 0 Å². The molecule has 0 amide bonds. The van der Waals surface area contributed by atoms with Crippen molar-refractivity contribution in [3.8, 4) is 5.75 Å². The molecule has 1 aromatic carbocycles. The molecule has 2 aromatic rings. The molecule has 0 saturated heterocycles. The Bertz CT molecular complexity index is 536. The van der Waals surface area contributed by atoms with E-state index in [0.29, 0.717) is 11.6 Å². The third kappa shape index (κ3) is 2.79. The molecule has 1 aromatic heterocycles. The van der Waals surface area contributed by atoms with Crippen LogP contribution in [0.5, 0.6) is 5.75 Å². The van der Waals surface area contributed by atoms with E-state index in [1.165, 1.54) is 0 Å². The van der Waals surface area contributed by atoms with Gasteiger partial charge in [0, 0.05) is 30.2 Å². The Morgan fingerprint density at radius 1 is 1.53 bits per heavy atom. The quantitative estimate of drug-likeness (QED) is 0.819. The Labute approximate surface area is 104 Å². The summed E-state index contributed by atoms with van der Waals surface area (Å²) >= 11 is 5.80. The van der Waals surface area contributed by atoms with Crippen molar-refractivity contribution >= 4 is 23.5 Å². The Kier molecular flexibility index (Phi) is 3.35. The maximum atomic E-state index is 9.28. The van der Waals surface area contributed by atoms with Crippen LogP contribution in [0.25, 0.3) is 6.20 Å². The van der Waals surface area contributed by atoms with Crippen LogP contribution in [0.3, 0.4) is 0 Å². The highest BCUT2D eigenvalue weighted by Gasteiger charge is 2.00. The van der Waals surface area contributed by atoms with Crippen LogP contribution in [0.15, 0.2) is 37.2 Å². The summed E-state index contributed by atoms with van der Waals surface area (Å²) in [6.07, 6.45) is 5.26. The second kappa shape index (κ2) is 4.93. The van der Waals surface area contributed by atoms with E-state index in [4.69, 9.17) is 11.6 Å². The van der Waals surface area contributed by atoms with Crippen LogP contribution in [0.2, 0.25) is 5.02 Å². The topological polar surface area (TPSA) is 50.1 Å². The second-order valence-electron chi connectivity index (χ2n) is 3.53. The zero-order valence-electron chi connectivity index (χ0n) is 9.10. The molecule has 0 unspecified atom stereocenters. The Morgan fingerprint density at radius 2 is 2.35 bits per heavy atom. The number of halogens is 1. The van der Waals surface area contributed by atoms with Gasteiger partial charge in [0.1, 0.15) is 5.75 Å². The molecule has 0 atom stereocenters. The van der Waals surface area contributed by atoms with Crippen molar-refractivity contribution in [1.29, 1.82) is 0 Å². The summed E-state index contributed by atoms with van der Waals surface area (Å²) in [5.74, 6) is 0.0803. The number of anilines is 1. The summed E-state index contributed by atoms with van der Waals surface area (Å²) < 4.78 is 1.64. The largest absolute Gasteiger partial charge is 0.506 e. The number of aromatic hydroxyl groups is 1. The fourth-order valence-electron chi connectivity index (χ4n) is 1.39. The number of hydrogen-bond acceptors (Lipinski definition) is 3. The van der Waals surface area contributed by atoms with Gasteiger partial charge in [-0.25, -0.2) is 4.68 Å². The summed E-state index contributed by atoms with van der Waals surface area (Å²) in [5, 5.41) is 16.9. The Hall–Kier alpha value is -1.94. The van der Waals surface area contributed by atoms with Crippen molar-refractivity contribution in [2.24, 2.45) is 0 Å². The molecular formula is C12H12ClN3O.